The van der Waals surface area contributed by atoms with E-state index in [-0.39, 0.29) is 12.5 Å². The molecule has 1 amide bonds. The van der Waals surface area contributed by atoms with Crippen molar-refractivity contribution in [3.63, 3.8) is 0 Å². The zero-order valence-electron chi connectivity index (χ0n) is 11.2. The van der Waals surface area contributed by atoms with Crippen LogP contribution in [0.1, 0.15) is 12.8 Å². The normalized spacial score (nSPS) is 17.9. The standard InChI is InChI=1S/C14H17NO5/c1-19-10-4-2-5-11(8-10)20-9-13(16)15-7-3-6-12(15)14(17)18/h2,4-5,8,12H,3,6-7,9H2,1H3,(H,17,18). The molecule has 1 aliphatic rings. The van der Waals surface area contributed by atoms with Crippen LogP contribution in [0.3, 0.4) is 0 Å². The number of nitrogens with zero attached hydrogens (tertiary/aromatic N) is 1. The number of ether oxygens (including phenoxy) is 2. The number of benzene rings is 1. The van der Waals surface area contributed by atoms with Gasteiger partial charge < -0.3 is 19.5 Å². The van der Waals surface area contributed by atoms with Crippen molar-refractivity contribution >= 4 is 11.9 Å². The molecule has 1 N–H and O–H groups in total. The monoisotopic (exact) mass is 279 g/mol. The first kappa shape index (κ1) is 14.2. The molecule has 0 spiro atoms. The fourth-order valence-electron chi connectivity index (χ4n) is 2.24. The van der Waals surface area contributed by atoms with E-state index in [1.807, 2.05) is 0 Å². The summed E-state index contributed by atoms with van der Waals surface area (Å²) in [6.45, 7) is 0.300. The number of carbonyl (C=O) groups excluding carboxylic acids is 1. The molecule has 6 nitrogen and oxygen atoms in total. The molecule has 1 unspecified atom stereocenters. The minimum atomic E-state index is -0.961. The zero-order valence-corrected chi connectivity index (χ0v) is 11.2. The van der Waals surface area contributed by atoms with Gasteiger partial charge >= 0.3 is 5.97 Å². The van der Waals surface area contributed by atoms with Crippen LogP contribution in [-0.4, -0.2) is 48.2 Å². The lowest BCUT2D eigenvalue weighted by molar-refractivity contribution is -0.148. The average molecular weight is 279 g/mol. The number of carboxylic acid groups (broad SMARTS) is 1. The third-order valence-corrected chi connectivity index (χ3v) is 3.26. The predicted octanol–water partition coefficient (Wildman–Crippen LogP) is 1.15. The van der Waals surface area contributed by atoms with E-state index >= 15 is 0 Å². The van der Waals surface area contributed by atoms with Gasteiger partial charge in [0.1, 0.15) is 17.5 Å². The highest BCUT2D eigenvalue weighted by molar-refractivity contribution is 5.85. The number of carbonyl (C=O) groups is 2. The van der Waals surface area contributed by atoms with Gasteiger partial charge in [0.2, 0.25) is 0 Å². The number of hydrogen-bond donors (Lipinski definition) is 1. The summed E-state index contributed by atoms with van der Waals surface area (Å²) in [4.78, 5) is 24.4. The van der Waals surface area contributed by atoms with E-state index in [1.165, 1.54) is 4.90 Å². The fraction of sp³-hybridized carbons (Fsp3) is 0.429. The number of carboxylic acids is 1. The second-order valence-electron chi connectivity index (χ2n) is 4.55. The van der Waals surface area contributed by atoms with E-state index in [9.17, 15) is 9.59 Å². The first-order valence-electron chi connectivity index (χ1n) is 6.41. The van der Waals surface area contributed by atoms with Gasteiger partial charge in [-0.3, -0.25) is 4.79 Å². The highest BCUT2D eigenvalue weighted by Gasteiger charge is 2.33. The Morgan fingerprint density at radius 3 is 2.85 bits per heavy atom. The second-order valence-corrected chi connectivity index (χ2v) is 4.55. The molecule has 0 radical (unpaired) electrons. The minimum absolute atomic E-state index is 0.170. The number of amides is 1. The van der Waals surface area contributed by atoms with Crippen molar-refractivity contribution < 1.29 is 24.2 Å². The lowest BCUT2D eigenvalue weighted by atomic mass is 10.2. The van der Waals surface area contributed by atoms with Crippen LogP contribution in [0, 0.1) is 0 Å². The maximum atomic E-state index is 12.0. The number of hydrogen-bond acceptors (Lipinski definition) is 4. The van der Waals surface area contributed by atoms with Gasteiger partial charge in [0.15, 0.2) is 6.61 Å². The summed E-state index contributed by atoms with van der Waals surface area (Å²) < 4.78 is 10.4. The summed E-state index contributed by atoms with van der Waals surface area (Å²) in [5.41, 5.74) is 0. The number of aliphatic carboxylic acids is 1. The van der Waals surface area contributed by atoms with Crippen LogP contribution in [0.15, 0.2) is 24.3 Å². The molecule has 1 aromatic carbocycles. The van der Waals surface area contributed by atoms with Crippen molar-refractivity contribution in [1.29, 1.82) is 0 Å². The minimum Gasteiger partial charge on any atom is -0.497 e. The van der Waals surface area contributed by atoms with Gasteiger partial charge in [-0.15, -0.1) is 0 Å². The highest BCUT2D eigenvalue weighted by Crippen LogP contribution is 2.20. The van der Waals surface area contributed by atoms with Crippen molar-refractivity contribution in [2.75, 3.05) is 20.3 Å². The summed E-state index contributed by atoms with van der Waals surface area (Å²) in [5, 5.41) is 9.03. The van der Waals surface area contributed by atoms with Crippen LogP contribution in [0.4, 0.5) is 0 Å². The van der Waals surface area contributed by atoms with Gasteiger partial charge in [-0.05, 0) is 25.0 Å². The van der Waals surface area contributed by atoms with Gasteiger partial charge in [-0.25, -0.2) is 4.79 Å². The maximum absolute atomic E-state index is 12.0. The van der Waals surface area contributed by atoms with Crippen LogP contribution in [0.5, 0.6) is 11.5 Å². The SMILES string of the molecule is COc1cccc(OCC(=O)N2CCCC2C(=O)O)c1. The fourth-order valence-corrected chi connectivity index (χ4v) is 2.24. The molecule has 0 saturated carbocycles. The Balaban J connectivity index is 1.93. The first-order chi connectivity index (χ1) is 9.61. The number of methoxy groups -OCH3 is 1. The Morgan fingerprint density at radius 2 is 2.15 bits per heavy atom. The third kappa shape index (κ3) is 3.20. The topological polar surface area (TPSA) is 76.1 Å². The lowest BCUT2D eigenvalue weighted by Crippen LogP contribution is -2.42. The van der Waals surface area contributed by atoms with Crippen LogP contribution in [0.25, 0.3) is 0 Å². The lowest BCUT2D eigenvalue weighted by Gasteiger charge is -2.21. The Labute approximate surface area is 116 Å². The molecule has 20 heavy (non-hydrogen) atoms. The Bertz CT molecular complexity index is 502. The van der Waals surface area contributed by atoms with E-state index in [1.54, 1.807) is 31.4 Å². The van der Waals surface area contributed by atoms with Crippen molar-refractivity contribution in [1.82, 2.24) is 4.90 Å². The molecule has 1 atom stereocenters. The van der Waals surface area contributed by atoms with Crippen LogP contribution in [0.2, 0.25) is 0 Å². The van der Waals surface area contributed by atoms with E-state index < -0.39 is 12.0 Å². The number of likely N-dealkylation sites (tertiary alicyclic amines) is 1. The van der Waals surface area contributed by atoms with Crippen molar-refractivity contribution in [3.8, 4) is 11.5 Å². The molecule has 108 valence electrons. The van der Waals surface area contributed by atoms with E-state index in [2.05, 4.69) is 0 Å². The van der Waals surface area contributed by atoms with Gasteiger partial charge in [0.05, 0.1) is 7.11 Å². The van der Waals surface area contributed by atoms with Crippen LogP contribution >= 0.6 is 0 Å². The highest BCUT2D eigenvalue weighted by atomic mass is 16.5. The van der Waals surface area contributed by atoms with Crippen molar-refractivity contribution in [2.24, 2.45) is 0 Å². The molecule has 2 rings (SSSR count). The summed E-state index contributed by atoms with van der Waals surface area (Å²) >= 11 is 0. The summed E-state index contributed by atoms with van der Waals surface area (Å²) in [5.74, 6) is -0.113. The molecule has 0 aliphatic carbocycles. The molecule has 1 heterocycles. The molecule has 1 fully saturated rings. The van der Waals surface area contributed by atoms with E-state index in [4.69, 9.17) is 14.6 Å². The van der Waals surface area contributed by atoms with Gasteiger partial charge in [0, 0.05) is 12.6 Å². The molecule has 1 aromatic rings. The van der Waals surface area contributed by atoms with E-state index in [0.29, 0.717) is 30.9 Å². The molecule has 1 aliphatic heterocycles. The maximum Gasteiger partial charge on any atom is 0.326 e. The molecule has 0 bridgehead atoms. The van der Waals surface area contributed by atoms with Gasteiger partial charge in [-0.2, -0.15) is 0 Å². The van der Waals surface area contributed by atoms with Crippen LogP contribution < -0.4 is 9.47 Å². The predicted molar refractivity (Wildman–Crippen MR) is 70.9 cm³/mol. The average Bonchev–Trinajstić information content (AvgIpc) is 2.94. The Hall–Kier alpha value is -2.24. The smallest absolute Gasteiger partial charge is 0.326 e. The zero-order chi connectivity index (χ0) is 14.5. The first-order valence-corrected chi connectivity index (χ1v) is 6.41. The van der Waals surface area contributed by atoms with E-state index in [0.717, 1.165) is 0 Å². The largest absolute Gasteiger partial charge is 0.497 e. The van der Waals surface area contributed by atoms with Crippen LogP contribution in [-0.2, 0) is 9.59 Å². The molecular weight excluding hydrogens is 262 g/mol. The van der Waals surface area contributed by atoms with Crippen molar-refractivity contribution in [3.05, 3.63) is 24.3 Å². The third-order valence-electron chi connectivity index (χ3n) is 3.26. The molecule has 6 heteroatoms. The summed E-state index contributed by atoms with van der Waals surface area (Å²) in [7, 11) is 1.55. The Kier molecular flexibility index (Phi) is 4.45. The van der Waals surface area contributed by atoms with Gasteiger partial charge in [0.25, 0.3) is 5.91 Å². The second kappa shape index (κ2) is 6.27. The molecule has 0 aromatic heterocycles. The molecule has 1 saturated heterocycles. The summed E-state index contributed by atoms with van der Waals surface area (Å²) in [6.07, 6.45) is 1.21. The number of rotatable bonds is 5. The summed E-state index contributed by atoms with van der Waals surface area (Å²) in [6, 6.07) is 6.20. The molecular formula is C14H17NO5. The quantitative estimate of drug-likeness (QED) is 0.875. The Morgan fingerprint density at radius 1 is 1.40 bits per heavy atom. The van der Waals surface area contributed by atoms with Crippen molar-refractivity contribution in [2.45, 2.75) is 18.9 Å². The van der Waals surface area contributed by atoms with Gasteiger partial charge in [-0.1, -0.05) is 6.07 Å².